The van der Waals surface area contributed by atoms with E-state index < -0.39 is 0 Å². The molecule has 0 aliphatic heterocycles. The maximum atomic E-state index is 6.04. The van der Waals surface area contributed by atoms with Crippen LogP contribution in [0.2, 0.25) is 0 Å². The van der Waals surface area contributed by atoms with E-state index in [1.54, 1.807) is 0 Å². The minimum Gasteiger partial charge on any atom is -0.488 e. The van der Waals surface area contributed by atoms with Gasteiger partial charge in [0.15, 0.2) is 0 Å². The summed E-state index contributed by atoms with van der Waals surface area (Å²) in [5.41, 5.74) is 3.30. The minimum atomic E-state index is 0.511. The maximum absolute atomic E-state index is 6.04. The maximum Gasteiger partial charge on any atom is 0.138 e. The van der Waals surface area contributed by atoms with Crippen LogP contribution in [-0.4, -0.2) is 0 Å². The molecular formula is C23H21BrO2. The molecule has 0 atom stereocenters. The van der Waals surface area contributed by atoms with Crippen LogP contribution in [0.5, 0.6) is 11.5 Å². The monoisotopic (exact) mass is 408 g/mol. The predicted molar refractivity (Wildman–Crippen MR) is 110 cm³/mol. The molecule has 0 amide bonds. The first-order valence-corrected chi connectivity index (χ1v) is 9.35. The summed E-state index contributed by atoms with van der Waals surface area (Å²) in [5.74, 6) is 1.54. The lowest BCUT2D eigenvalue weighted by atomic mass is 10.2. The van der Waals surface area contributed by atoms with Gasteiger partial charge in [-0.3, -0.25) is 0 Å². The summed E-state index contributed by atoms with van der Waals surface area (Å²) in [6, 6.07) is 24.3. The lowest BCUT2D eigenvalue weighted by Crippen LogP contribution is -2.00. The Morgan fingerprint density at radius 2 is 1.23 bits per heavy atom. The van der Waals surface area contributed by atoms with Crippen molar-refractivity contribution in [2.24, 2.45) is 0 Å². The highest BCUT2D eigenvalue weighted by atomic mass is 79.9. The highest BCUT2D eigenvalue weighted by molar-refractivity contribution is 9.10. The van der Waals surface area contributed by atoms with Crippen LogP contribution >= 0.6 is 15.9 Å². The smallest absolute Gasteiger partial charge is 0.138 e. The largest absolute Gasteiger partial charge is 0.488 e. The predicted octanol–water partition coefficient (Wildman–Crippen LogP) is 6.64. The first kappa shape index (κ1) is 18.3. The normalized spacial score (nSPS) is 10.8. The van der Waals surface area contributed by atoms with Crippen LogP contribution in [0.3, 0.4) is 0 Å². The third kappa shape index (κ3) is 4.99. The second kappa shape index (κ2) is 9.25. The Labute approximate surface area is 163 Å². The molecule has 132 valence electrons. The summed E-state index contributed by atoms with van der Waals surface area (Å²) in [6.07, 6.45) is 4.04. The van der Waals surface area contributed by atoms with Crippen LogP contribution in [0.1, 0.15) is 23.6 Å². The van der Waals surface area contributed by atoms with Crippen LogP contribution in [0.4, 0.5) is 0 Å². The molecule has 0 spiro atoms. The van der Waals surface area contributed by atoms with E-state index >= 15 is 0 Å². The standard InChI is InChI=1S/C23H21BrO2/c1-2-9-20-14-21(25-16-18-10-5-3-6-11-18)23(24)22(15-20)26-17-19-12-7-4-8-13-19/h2-15H,16-17H2,1H3. The molecule has 26 heavy (non-hydrogen) atoms. The van der Waals surface area contributed by atoms with Crippen LogP contribution in [-0.2, 0) is 13.2 Å². The van der Waals surface area contributed by atoms with E-state index in [0.29, 0.717) is 13.2 Å². The summed E-state index contributed by atoms with van der Waals surface area (Å²) in [7, 11) is 0. The number of ether oxygens (including phenoxy) is 2. The Bertz CT molecular complexity index is 793. The fourth-order valence-electron chi connectivity index (χ4n) is 2.56. The molecule has 0 unspecified atom stereocenters. The molecule has 0 heterocycles. The van der Waals surface area contributed by atoms with Gasteiger partial charge in [-0.05, 0) is 51.7 Å². The molecule has 0 aliphatic rings. The van der Waals surface area contributed by atoms with E-state index in [1.807, 2.05) is 67.6 Å². The third-order valence-corrected chi connectivity index (χ3v) is 4.64. The Balaban J connectivity index is 1.80. The highest BCUT2D eigenvalue weighted by Gasteiger charge is 2.11. The van der Waals surface area contributed by atoms with E-state index in [2.05, 4.69) is 40.2 Å². The quantitative estimate of drug-likeness (QED) is 0.436. The van der Waals surface area contributed by atoms with Crippen molar-refractivity contribution >= 4 is 22.0 Å². The number of hydrogen-bond donors (Lipinski definition) is 0. The molecule has 0 N–H and O–H groups in total. The van der Waals surface area contributed by atoms with Gasteiger partial charge in [0.05, 0.1) is 0 Å². The fraction of sp³-hybridized carbons (Fsp3) is 0.130. The molecule has 3 aromatic rings. The van der Waals surface area contributed by atoms with Gasteiger partial charge in [-0.1, -0.05) is 72.8 Å². The van der Waals surface area contributed by atoms with Crippen LogP contribution in [0, 0.1) is 0 Å². The van der Waals surface area contributed by atoms with Crippen molar-refractivity contribution < 1.29 is 9.47 Å². The van der Waals surface area contributed by atoms with E-state index in [1.165, 1.54) is 0 Å². The van der Waals surface area contributed by atoms with Crippen LogP contribution in [0.15, 0.2) is 83.3 Å². The molecule has 0 fully saturated rings. The van der Waals surface area contributed by atoms with Gasteiger partial charge in [-0.15, -0.1) is 0 Å². The fourth-order valence-corrected chi connectivity index (χ4v) is 3.02. The second-order valence-electron chi connectivity index (χ2n) is 5.88. The van der Waals surface area contributed by atoms with Crippen molar-refractivity contribution in [1.82, 2.24) is 0 Å². The van der Waals surface area contributed by atoms with Gasteiger partial charge in [0, 0.05) is 0 Å². The second-order valence-corrected chi connectivity index (χ2v) is 6.67. The summed E-state index contributed by atoms with van der Waals surface area (Å²) < 4.78 is 12.9. The molecule has 0 saturated heterocycles. The number of allylic oxidation sites excluding steroid dienone is 1. The van der Waals surface area contributed by atoms with Crippen LogP contribution < -0.4 is 9.47 Å². The summed E-state index contributed by atoms with van der Waals surface area (Å²) >= 11 is 3.64. The first-order valence-electron chi connectivity index (χ1n) is 8.56. The van der Waals surface area contributed by atoms with Gasteiger partial charge < -0.3 is 9.47 Å². The molecule has 0 aromatic heterocycles. The molecule has 0 radical (unpaired) electrons. The van der Waals surface area contributed by atoms with Crippen molar-refractivity contribution in [2.75, 3.05) is 0 Å². The lowest BCUT2D eigenvalue weighted by molar-refractivity contribution is 0.286. The number of rotatable bonds is 7. The zero-order chi connectivity index (χ0) is 18.2. The molecular weight excluding hydrogens is 388 g/mol. The lowest BCUT2D eigenvalue weighted by Gasteiger charge is -2.14. The highest BCUT2D eigenvalue weighted by Crippen LogP contribution is 2.37. The van der Waals surface area contributed by atoms with E-state index in [9.17, 15) is 0 Å². The number of halogens is 1. The Hall–Kier alpha value is -2.52. The molecule has 0 aliphatic carbocycles. The van der Waals surface area contributed by atoms with Crippen molar-refractivity contribution in [2.45, 2.75) is 20.1 Å². The average Bonchev–Trinajstić information content (AvgIpc) is 2.69. The SMILES string of the molecule is CC=Cc1cc(OCc2ccccc2)c(Br)c(OCc2ccccc2)c1. The Kier molecular flexibility index (Phi) is 6.50. The molecule has 0 saturated carbocycles. The van der Waals surface area contributed by atoms with Crippen molar-refractivity contribution in [1.29, 1.82) is 0 Å². The average molecular weight is 409 g/mol. The van der Waals surface area contributed by atoms with E-state index in [0.717, 1.165) is 32.7 Å². The van der Waals surface area contributed by atoms with Gasteiger partial charge >= 0.3 is 0 Å². The van der Waals surface area contributed by atoms with Crippen molar-refractivity contribution in [3.8, 4) is 11.5 Å². The molecule has 3 rings (SSSR count). The molecule has 3 heteroatoms. The van der Waals surface area contributed by atoms with Crippen molar-refractivity contribution in [3.05, 3.63) is 100 Å². The van der Waals surface area contributed by atoms with Gasteiger partial charge in [0.25, 0.3) is 0 Å². The minimum absolute atomic E-state index is 0.511. The van der Waals surface area contributed by atoms with Gasteiger partial charge in [0.1, 0.15) is 29.2 Å². The van der Waals surface area contributed by atoms with Gasteiger partial charge in [-0.25, -0.2) is 0 Å². The van der Waals surface area contributed by atoms with Gasteiger partial charge in [0.2, 0.25) is 0 Å². The van der Waals surface area contributed by atoms with Crippen molar-refractivity contribution in [3.63, 3.8) is 0 Å². The zero-order valence-electron chi connectivity index (χ0n) is 14.7. The summed E-state index contributed by atoms with van der Waals surface area (Å²) in [4.78, 5) is 0. The molecule has 3 aromatic carbocycles. The summed E-state index contributed by atoms with van der Waals surface area (Å²) in [6.45, 7) is 3.02. The topological polar surface area (TPSA) is 18.5 Å². The summed E-state index contributed by atoms with van der Waals surface area (Å²) in [5, 5.41) is 0. The number of benzene rings is 3. The zero-order valence-corrected chi connectivity index (χ0v) is 16.3. The van der Waals surface area contributed by atoms with Gasteiger partial charge in [-0.2, -0.15) is 0 Å². The van der Waals surface area contributed by atoms with E-state index in [4.69, 9.17) is 9.47 Å². The number of hydrogen-bond acceptors (Lipinski definition) is 2. The Morgan fingerprint density at radius 1 is 0.769 bits per heavy atom. The van der Waals surface area contributed by atoms with Crippen LogP contribution in [0.25, 0.3) is 6.08 Å². The molecule has 0 bridgehead atoms. The Morgan fingerprint density at radius 3 is 1.65 bits per heavy atom. The van der Waals surface area contributed by atoms with E-state index in [-0.39, 0.29) is 0 Å². The third-order valence-electron chi connectivity index (χ3n) is 3.86. The first-order chi connectivity index (χ1) is 12.8. The molecule has 2 nitrogen and oxygen atoms in total.